The molecule has 1 aromatic carbocycles. The second kappa shape index (κ2) is 8.34. The minimum atomic E-state index is 0.485. The van der Waals surface area contributed by atoms with Crippen molar-refractivity contribution in [3.63, 3.8) is 0 Å². The average molecular weight is 344 g/mol. The molecule has 2 N–H and O–H groups in total. The number of benzene rings is 1. The number of carbonyl (C=O) groups excluding carboxylic acids is 1. The summed E-state index contributed by atoms with van der Waals surface area (Å²) in [6.07, 6.45) is 3.37. The molecule has 1 fully saturated rings. The number of hydrogen-bond donors (Lipinski definition) is 2. The first kappa shape index (κ1) is 16.2. The van der Waals surface area contributed by atoms with Gasteiger partial charge in [-0.3, -0.25) is 4.79 Å². The van der Waals surface area contributed by atoms with E-state index in [-0.39, 0.29) is 0 Å². The van der Waals surface area contributed by atoms with E-state index >= 15 is 0 Å². The standard InChI is InChI=1S/C10H6Cl2N2OS.C4H9N/c11-7-2-1-6(3-8(7)12)10-14-9(4-16-10)13-5-15;1-2-4-5-3-1/h1-5H,(H,13,15);5H,1-4H2. The highest BCUT2D eigenvalue weighted by atomic mass is 35.5. The van der Waals surface area contributed by atoms with Gasteiger partial charge in [0.15, 0.2) is 0 Å². The van der Waals surface area contributed by atoms with Gasteiger partial charge in [0, 0.05) is 10.9 Å². The third kappa shape index (κ3) is 4.97. The summed E-state index contributed by atoms with van der Waals surface area (Å²) in [7, 11) is 0. The molecule has 1 amide bonds. The highest BCUT2D eigenvalue weighted by Gasteiger charge is 2.06. The molecule has 0 aliphatic carbocycles. The van der Waals surface area contributed by atoms with Gasteiger partial charge in [-0.15, -0.1) is 11.3 Å². The Morgan fingerprint density at radius 3 is 2.57 bits per heavy atom. The molecular formula is C14H15Cl2N3OS. The van der Waals surface area contributed by atoms with Crippen LogP contribution < -0.4 is 10.6 Å². The zero-order valence-electron chi connectivity index (χ0n) is 11.2. The number of anilines is 1. The number of thiazole rings is 1. The molecule has 2 aromatic rings. The molecule has 0 saturated carbocycles. The fourth-order valence-electron chi connectivity index (χ4n) is 1.79. The van der Waals surface area contributed by atoms with E-state index in [2.05, 4.69) is 15.6 Å². The molecule has 0 atom stereocenters. The van der Waals surface area contributed by atoms with Crippen molar-refractivity contribution in [1.29, 1.82) is 0 Å². The van der Waals surface area contributed by atoms with Crippen LogP contribution in [0, 0.1) is 0 Å². The lowest BCUT2D eigenvalue weighted by atomic mass is 10.2. The van der Waals surface area contributed by atoms with Crippen molar-refractivity contribution < 1.29 is 4.79 Å². The van der Waals surface area contributed by atoms with Gasteiger partial charge in [0.2, 0.25) is 6.41 Å². The molecular weight excluding hydrogens is 329 g/mol. The second-order valence-corrected chi connectivity index (χ2v) is 6.06. The molecule has 112 valence electrons. The molecule has 21 heavy (non-hydrogen) atoms. The maximum absolute atomic E-state index is 10.2. The summed E-state index contributed by atoms with van der Waals surface area (Å²) in [5.74, 6) is 0.529. The molecule has 0 unspecified atom stereocenters. The van der Waals surface area contributed by atoms with Gasteiger partial charge < -0.3 is 10.6 Å². The maximum atomic E-state index is 10.2. The third-order valence-electron chi connectivity index (χ3n) is 2.83. The van der Waals surface area contributed by atoms with E-state index in [1.54, 1.807) is 17.5 Å². The predicted octanol–water partition coefficient (Wildman–Crippen LogP) is 4.06. The maximum Gasteiger partial charge on any atom is 0.212 e. The first-order valence-corrected chi connectivity index (χ1v) is 8.16. The first-order valence-electron chi connectivity index (χ1n) is 6.52. The summed E-state index contributed by atoms with van der Waals surface area (Å²) in [5, 5.41) is 9.24. The van der Waals surface area contributed by atoms with Crippen molar-refractivity contribution >= 4 is 46.8 Å². The van der Waals surface area contributed by atoms with Gasteiger partial charge >= 0.3 is 0 Å². The van der Waals surface area contributed by atoms with Crippen LogP contribution in [0.25, 0.3) is 10.6 Å². The van der Waals surface area contributed by atoms with E-state index < -0.39 is 0 Å². The Hall–Kier alpha value is -1.14. The van der Waals surface area contributed by atoms with E-state index in [9.17, 15) is 4.79 Å². The number of carbonyl (C=O) groups is 1. The predicted molar refractivity (Wildman–Crippen MR) is 89.4 cm³/mol. The molecule has 0 radical (unpaired) electrons. The fourth-order valence-corrected chi connectivity index (χ4v) is 2.84. The highest BCUT2D eigenvalue weighted by molar-refractivity contribution is 7.13. The number of hydrogen-bond acceptors (Lipinski definition) is 4. The molecule has 1 aliphatic rings. The number of aromatic nitrogens is 1. The molecule has 7 heteroatoms. The van der Waals surface area contributed by atoms with Gasteiger partial charge in [0.1, 0.15) is 10.8 Å². The summed E-state index contributed by atoms with van der Waals surface area (Å²) in [6, 6.07) is 5.29. The molecule has 4 nitrogen and oxygen atoms in total. The van der Waals surface area contributed by atoms with Crippen molar-refractivity contribution in [2.24, 2.45) is 0 Å². The summed E-state index contributed by atoms with van der Waals surface area (Å²) in [5.41, 5.74) is 0.873. The summed E-state index contributed by atoms with van der Waals surface area (Å²) >= 11 is 13.1. The number of nitrogens with one attached hydrogen (secondary N) is 2. The van der Waals surface area contributed by atoms with Crippen molar-refractivity contribution in [3.8, 4) is 10.6 Å². The SMILES string of the molecule is C1CCNC1.O=CNc1csc(-c2ccc(Cl)c(Cl)c2)n1. The lowest BCUT2D eigenvalue weighted by molar-refractivity contribution is -0.105. The van der Waals surface area contributed by atoms with Crippen LogP contribution in [0.2, 0.25) is 10.0 Å². The zero-order valence-corrected chi connectivity index (χ0v) is 13.6. The lowest BCUT2D eigenvalue weighted by Crippen LogP contribution is -2.03. The Kier molecular flexibility index (Phi) is 6.45. The van der Waals surface area contributed by atoms with Gasteiger partial charge in [-0.2, -0.15) is 0 Å². The van der Waals surface area contributed by atoms with Crippen LogP contribution in [0.4, 0.5) is 5.82 Å². The number of amides is 1. The Bertz CT molecular complexity index is 592. The first-order chi connectivity index (χ1) is 10.2. The van der Waals surface area contributed by atoms with Crippen molar-refractivity contribution in [1.82, 2.24) is 10.3 Å². The van der Waals surface area contributed by atoms with E-state index in [0.717, 1.165) is 10.6 Å². The Morgan fingerprint density at radius 2 is 2.00 bits per heavy atom. The van der Waals surface area contributed by atoms with Gasteiger partial charge in [0.25, 0.3) is 0 Å². The molecule has 0 bridgehead atoms. The van der Waals surface area contributed by atoms with Crippen LogP contribution in [-0.2, 0) is 4.79 Å². The fraction of sp³-hybridized carbons (Fsp3) is 0.286. The topological polar surface area (TPSA) is 54.0 Å². The third-order valence-corrected chi connectivity index (χ3v) is 4.47. The number of nitrogens with zero attached hydrogens (tertiary/aromatic N) is 1. The van der Waals surface area contributed by atoms with Crippen molar-refractivity contribution in [2.45, 2.75) is 12.8 Å². The molecule has 2 heterocycles. The largest absolute Gasteiger partial charge is 0.317 e. The molecule has 1 aliphatic heterocycles. The van der Waals surface area contributed by atoms with Gasteiger partial charge in [0.05, 0.1) is 10.0 Å². The van der Waals surface area contributed by atoms with Gasteiger partial charge in [-0.05, 0) is 38.1 Å². The second-order valence-electron chi connectivity index (χ2n) is 4.39. The number of halogens is 2. The Labute approximate surface area is 137 Å². The van der Waals surface area contributed by atoms with E-state index in [4.69, 9.17) is 23.2 Å². The molecule has 3 rings (SSSR count). The van der Waals surface area contributed by atoms with Crippen LogP contribution in [0.1, 0.15) is 12.8 Å². The molecule has 1 saturated heterocycles. The summed E-state index contributed by atoms with van der Waals surface area (Å²) in [6.45, 7) is 2.50. The van der Waals surface area contributed by atoms with E-state index in [1.165, 1.54) is 37.3 Å². The Morgan fingerprint density at radius 1 is 1.24 bits per heavy atom. The van der Waals surface area contributed by atoms with Crippen LogP contribution in [0.3, 0.4) is 0 Å². The van der Waals surface area contributed by atoms with Crippen LogP contribution in [-0.4, -0.2) is 24.5 Å². The highest BCUT2D eigenvalue weighted by Crippen LogP contribution is 2.31. The van der Waals surface area contributed by atoms with Gasteiger partial charge in [-0.1, -0.05) is 29.3 Å². The minimum Gasteiger partial charge on any atom is -0.317 e. The average Bonchev–Trinajstić information content (AvgIpc) is 3.16. The lowest BCUT2D eigenvalue weighted by Gasteiger charge is -1.98. The molecule has 1 aromatic heterocycles. The van der Waals surface area contributed by atoms with Gasteiger partial charge in [-0.25, -0.2) is 4.98 Å². The van der Waals surface area contributed by atoms with Crippen molar-refractivity contribution in [3.05, 3.63) is 33.6 Å². The van der Waals surface area contributed by atoms with E-state index in [0.29, 0.717) is 22.3 Å². The minimum absolute atomic E-state index is 0.485. The van der Waals surface area contributed by atoms with Crippen LogP contribution >= 0.6 is 34.5 Å². The molecule has 0 spiro atoms. The summed E-state index contributed by atoms with van der Waals surface area (Å²) in [4.78, 5) is 14.4. The Balaban J connectivity index is 0.000000272. The number of rotatable bonds is 3. The smallest absolute Gasteiger partial charge is 0.212 e. The monoisotopic (exact) mass is 343 g/mol. The normalized spacial score (nSPS) is 13.4. The van der Waals surface area contributed by atoms with Crippen molar-refractivity contribution in [2.75, 3.05) is 18.4 Å². The van der Waals surface area contributed by atoms with E-state index in [1.807, 2.05) is 6.07 Å². The van der Waals surface area contributed by atoms with Crippen LogP contribution in [0.5, 0.6) is 0 Å². The quantitative estimate of drug-likeness (QED) is 0.826. The summed E-state index contributed by atoms with van der Waals surface area (Å²) < 4.78 is 0. The zero-order chi connectivity index (χ0) is 15.1. The van der Waals surface area contributed by atoms with Crippen LogP contribution in [0.15, 0.2) is 23.6 Å².